The van der Waals surface area contributed by atoms with E-state index in [1.807, 2.05) is 0 Å². The highest BCUT2D eigenvalue weighted by molar-refractivity contribution is 5.98. The van der Waals surface area contributed by atoms with E-state index in [-0.39, 0.29) is 5.41 Å². The van der Waals surface area contributed by atoms with Gasteiger partial charge in [-0.25, -0.2) is 0 Å². The van der Waals surface area contributed by atoms with E-state index in [1.165, 1.54) is 94.6 Å². The normalized spacial score (nSPS) is 13.4. The Balaban J connectivity index is 0.911. The minimum atomic E-state index is -0.478. The van der Waals surface area contributed by atoms with E-state index >= 15 is 0 Å². The van der Waals surface area contributed by atoms with Crippen LogP contribution in [0.5, 0.6) is 0 Å². The quantitative estimate of drug-likeness (QED) is 0.0664. The molecule has 0 amide bonds. The van der Waals surface area contributed by atoms with E-state index < -0.39 is 5.41 Å². The third-order valence-electron chi connectivity index (χ3n) is 20.7. The van der Waals surface area contributed by atoms with Crippen LogP contribution >= 0.6 is 0 Å². The largest absolute Gasteiger partial charge is 0.311 e. The lowest BCUT2D eigenvalue weighted by Crippen LogP contribution is -2.22. The van der Waals surface area contributed by atoms with E-state index in [0.29, 0.717) is 0 Å². The molecule has 0 spiro atoms. The van der Waals surface area contributed by atoms with Crippen LogP contribution in [0.1, 0.15) is 87.8 Å². The summed E-state index contributed by atoms with van der Waals surface area (Å²) < 4.78 is 0. The van der Waals surface area contributed by atoms with Gasteiger partial charge in [-0.3, -0.25) is 0 Å². The lowest BCUT2D eigenvalue weighted by Gasteiger charge is -2.35. The monoisotopic (exact) mass is 1320 g/mol. The first-order valence-corrected chi connectivity index (χ1v) is 36.0. The lowest BCUT2D eigenvalue weighted by molar-refractivity contribution is 0.652. The van der Waals surface area contributed by atoms with Crippen LogP contribution in [0, 0.1) is 0 Å². The molecular formula is C99H85N3. The van der Waals surface area contributed by atoms with E-state index in [4.69, 9.17) is 0 Å². The average Bonchev–Trinajstić information content (AvgIpc) is 1.53. The number of rotatable bonds is 21. The molecule has 15 rings (SSSR count). The average molecular weight is 1320 g/mol. The molecule has 3 heteroatoms. The fourth-order valence-corrected chi connectivity index (χ4v) is 15.4. The number of fused-ring (bicyclic) bond motifs is 6. The maximum absolute atomic E-state index is 4.52. The topological polar surface area (TPSA) is 9.72 Å². The van der Waals surface area contributed by atoms with Gasteiger partial charge in [0, 0.05) is 56.3 Å². The van der Waals surface area contributed by atoms with Crippen molar-refractivity contribution in [2.45, 2.75) is 71.6 Å². The maximum Gasteiger partial charge on any atom is 0.0529 e. The lowest BCUT2D eigenvalue weighted by atomic mass is 9.78. The van der Waals surface area contributed by atoms with Gasteiger partial charge in [0.25, 0.3) is 0 Å². The van der Waals surface area contributed by atoms with Crippen LogP contribution in [0.4, 0.5) is 39.8 Å². The summed E-state index contributed by atoms with van der Waals surface area (Å²) >= 11 is 0. The highest BCUT2D eigenvalue weighted by Crippen LogP contribution is 2.61. The fourth-order valence-electron chi connectivity index (χ4n) is 15.4. The number of anilines is 7. The molecule has 102 heavy (non-hydrogen) atoms. The van der Waals surface area contributed by atoms with Crippen LogP contribution < -0.4 is 14.7 Å². The molecule has 0 radical (unpaired) electrons. The van der Waals surface area contributed by atoms with E-state index in [0.717, 1.165) is 81.6 Å². The van der Waals surface area contributed by atoms with Gasteiger partial charge < -0.3 is 14.7 Å². The molecule has 3 nitrogen and oxygen atoms in total. The molecule has 2 aliphatic rings. The van der Waals surface area contributed by atoms with E-state index in [2.05, 4.69) is 421 Å². The second-order valence-corrected chi connectivity index (χ2v) is 27.9. The van der Waals surface area contributed by atoms with E-state index in [9.17, 15) is 0 Å². The number of allylic oxidation sites excluding steroid dienone is 7. The SMILES string of the molecule is C=C(C/C=C\C(=C/CC)N(c1ccc(-c2ccccc2)cc1)c1ccc2c(c1)C(C)(C)c1cc3c(cc1-2)C(C)(C)c1c-3cc(N(C(/C=C\Cc2ccccc2)=C/C)c2ccc(-c3ccccc3)cc2)cc1N(c1ccc(-c2ccccc2)cc1)c1ccc(-c2ccccc2)cc1)c1ccccc1. The first-order valence-electron chi connectivity index (χ1n) is 36.0. The van der Waals surface area contributed by atoms with Gasteiger partial charge in [-0.15, -0.1) is 0 Å². The summed E-state index contributed by atoms with van der Waals surface area (Å²) in [6.45, 7) is 18.7. The second kappa shape index (κ2) is 28.7. The van der Waals surface area contributed by atoms with Gasteiger partial charge in [-0.1, -0.05) is 302 Å². The Morgan fingerprint density at radius 3 is 1.22 bits per heavy atom. The third-order valence-corrected chi connectivity index (χ3v) is 20.7. The third kappa shape index (κ3) is 13.0. The molecule has 0 atom stereocenters. The molecule has 13 aromatic carbocycles. The zero-order valence-electron chi connectivity index (χ0n) is 59.2. The zero-order valence-corrected chi connectivity index (χ0v) is 59.2. The van der Waals surface area contributed by atoms with Crippen molar-refractivity contribution in [3.05, 3.63) is 409 Å². The van der Waals surface area contributed by atoms with Crippen molar-refractivity contribution < 1.29 is 0 Å². The Kier molecular flexibility index (Phi) is 18.5. The summed E-state index contributed by atoms with van der Waals surface area (Å²) in [5, 5.41) is 0. The molecule has 0 bridgehead atoms. The van der Waals surface area contributed by atoms with Gasteiger partial charge in [-0.05, 0) is 229 Å². The highest BCUT2D eigenvalue weighted by Gasteiger charge is 2.44. The number of hydrogen-bond acceptors (Lipinski definition) is 3. The van der Waals surface area contributed by atoms with Gasteiger partial charge in [0.2, 0.25) is 0 Å². The van der Waals surface area contributed by atoms with Crippen LogP contribution in [0.3, 0.4) is 0 Å². The molecule has 0 saturated heterocycles. The minimum absolute atomic E-state index is 0.384. The van der Waals surface area contributed by atoms with Crippen molar-refractivity contribution in [1.29, 1.82) is 0 Å². The van der Waals surface area contributed by atoms with Crippen molar-refractivity contribution in [3.8, 4) is 66.8 Å². The molecule has 0 unspecified atom stereocenters. The molecule has 0 saturated carbocycles. The fraction of sp³-hybridized carbons (Fsp3) is 0.111. The summed E-state index contributed by atoms with van der Waals surface area (Å²) in [5.41, 5.74) is 32.1. The van der Waals surface area contributed by atoms with E-state index in [1.54, 1.807) is 0 Å². The van der Waals surface area contributed by atoms with Crippen LogP contribution in [0.25, 0.3) is 72.3 Å². The molecule has 2 aliphatic carbocycles. The standard InChI is InChI=1S/C99H85N3/c1-8-30-82(46-28-31-70(3)72-35-18-11-19-36-72)101(84-57-49-78(50-58-84)74-39-22-13-23-40-74)87-63-64-89-90-68-95-91(69-94(90)98(4,5)93(89)66-87)92-65-88(100(81(9-2)45-29-34-71-32-16-10-17-33-71)83-55-47-77(48-56-83)73-37-20-12-21-38-73)67-96(97(92)99(95,6)7)102(85-59-51-79(52-60-85)75-41-24-14-25-42-75)86-61-53-80(54-62-86)76-43-26-15-27-44-76/h9-30,32-33,35-69H,3,8,31,34H2,1-2,4-7H3/b45-29-,46-28-,81-9+,82-30+. The molecule has 0 N–H and O–H groups in total. The van der Waals surface area contributed by atoms with Gasteiger partial charge in [0.15, 0.2) is 0 Å². The molecule has 0 fully saturated rings. The Morgan fingerprint density at radius 1 is 0.353 bits per heavy atom. The second-order valence-electron chi connectivity index (χ2n) is 27.9. The summed E-state index contributed by atoms with van der Waals surface area (Å²) in [7, 11) is 0. The first-order chi connectivity index (χ1) is 49.9. The smallest absolute Gasteiger partial charge is 0.0529 e. The number of benzene rings is 13. The highest BCUT2D eigenvalue weighted by atomic mass is 15.2. The maximum atomic E-state index is 4.52. The molecule has 0 aromatic heterocycles. The van der Waals surface area contributed by atoms with Gasteiger partial charge in [0.1, 0.15) is 0 Å². The molecule has 0 heterocycles. The van der Waals surface area contributed by atoms with Crippen LogP contribution in [0.2, 0.25) is 0 Å². The van der Waals surface area contributed by atoms with Gasteiger partial charge in [0.05, 0.1) is 5.69 Å². The van der Waals surface area contributed by atoms with Crippen LogP contribution in [0.15, 0.2) is 376 Å². The number of hydrogen-bond donors (Lipinski definition) is 0. The Bertz CT molecular complexity index is 5180. The first kappa shape index (κ1) is 65.9. The Hall–Kier alpha value is -12.0. The molecule has 496 valence electrons. The minimum Gasteiger partial charge on any atom is -0.311 e. The van der Waals surface area contributed by atoms with Crippen molar-refractivity contribution in [2.24, 2.45) is 0 Å². The van der Waals surface area contributed by atoms with Gasteiger partial charge >= 0.3 is 0 Å². The van der Waals surface area contributed by atoms with Crippen molar-refractivity contribution >= 4 is 45.4 Å². The molecular weight excluding hydrogens is 1230 g/mol. The molecule has 0 aliphatic heterocycles. The predicted molar refractivity (Wildman–Crippen MR) is 436 cm³/mol. The van der Waals surface area contributed by atoms with Crippen molar-refractivity contribution in [2.75, 3.05) is 14.7 Å². The summed E-state index contributed by atoms with van der Waals surface area (Å²) in [6, 6.07) is 118. The van der Waals surface area contributed by atoms with Crippen molar-refractivity contribution in [1.82, 2.24) is 0 Å². The van der Waals surface area contributed by atoms with Crippen LogP contribution in [-0.2, 0) is 17.3 Å². The van der Waals surface area contributed by atoms with Gasteiger partial charge in [-0.2, -0.15) is 0 Å². The summed E-state index contributed by atoms with van der Waals surface area (Å²) in [5.74, 6) is 0. The Labute approximate surface area is 604 Å². The summed E-state index contributed by atoms with van der Waals surface area (Å²) in [6.07, 6.45) is 16.2. The zero-order chi connectivity index (χ0) is 69.7. The predicted octanol–water partition coefficient (Wildman–Crippen LogP) is 27.4. The molecule has 13 aromatic rings. The number of nitrogens with zero attached hydrogens (tertiary/aromatic N) is 3. The summed E-state index contributed by atoms with van der Waals surface area (Å²) in [4.78, 5) is 7.46. The Morgan fingerprint density at radius 2 is 0.745 bits per heavy atom. The van der Waals surface area contributed by atoms with Crippen LogP contribution in [-0.4, -0.2) is 0 Å². The van der Waals surface area contributed by atoms with Crippen molar-refractivity contribution in [3.63, 3.8) is 0 Å².